The summed E-state index contributed by atoms with van der Waals surface area (Å²) in [6.45, 7) is 6.74. The summed E-state index contributed by atoms with van der Waals surface area (Å²) in [5.41, 5.74) is 1.46. The highest BCUT2D eigenvalue weighted by molar-refractivity contribution is 6.00. The SMILES string of the molecule is [2H]COCC[C@@H](NC(=O)c1ccccc1)[C@@H](O)[C@H](O)[C@H](Cc1cc(F)cc(F)c1)NC(=O)c1cc(C)cc(C(=O)N(CCC)CCC)c1. The molecule has 11 heteroatoms. The molecule has 9 nitrogen and oxygen atoms in total. The van der Waals surface area contributed by atoms with Crippen molar-refractivity contribution in [3.05, 3.63) is 106 Å². The van der Waals surface area contributed by atoms with E-state index in [1.165, 1.54) is 6.07 Å². The number of carbonyl (C=O) groups excluding carboxylic acids is 3. The number of aliphatic hydroxyl groups is 2. The van der Waals surface area contributed by atoms with Gasteiger partial charge in [0.2, 0.25) is 0 Å². The molecule has 0 fully saturated rings. The van der Waals surface area contributed by atoms with Crippen molar-refractivity contribution in [2.75, 3.05) is 26.8 Å². The summed E-state index contributed by atoms with van der Waals surface area (Å²) in [6, 6.07) is 13.3. The molecule has 4 atom stereocenters. The van der Waals surface area contributed by atoms with Crippen LogP contribution in [0.25, 0.3) is 0 Å². The number of benzene rings is 3. The number of nitrogens with one attached hydrogen (secondary N) is 2. The lowest BCUT2D eigenvalue weighted by Crippen LogP contribution is -2.57. The topological polar surface area (TPSA) is 128 Å². The van der Waals surface area contributed by atoms with E-state index in [1.807, 2.05) is 13.8 Å². The number of rotatable bonds is 17. The largest absolute Gasteiger partial charge is 0.388 e. The molecule has 0 spiro atoms. The Morgan fingerprint density at radius 2 is 1.40 bits per heavy atom. The van der Waals surface area contributed by atoms with E-state index in [2.05, 4.69) is 10.6 Å². The highest BCUT2D eigenvalue weighted by atomic mass is 19.1. The maximum Gasteiger partial charge on any atom is 0.253 e. The minimum atomic E-state index is -1.76. The number of aliphatic hydroxyl groups excluding tert-OH is 2. The molecular weight excluding hydrogens is 608 g/mol. The van der Waals surface area contributed by atoms with E-state index < -0.39 is 47.7 Å². The van der Waals surface area contributed by atoms with Crippen molar-refractivity contribution >= 4 is 17.7 Å². The third kappa shape index (κ3) is 10.9. The van der Waals surface area contributed by atoms with E-state index in [4.69, 9.17) is 6.11 Å². The second-order valence-corrected chi connectivity index (χ2v) is 11.6. The van der Waals surface area contributed by atoms with Crippen molar-refractivity contribution in [1.82, 2.24) is 15.5 Å². The Labute approximate surface area is 276 Å². The molecular formula is C36H45F2N3O6. The van der Waals surface area contributed by atoms with E-state index in [1.54, 1.807) is 54.3 Å². The number of nitrogens with zero attached hydrogens (tertiary/aromatic N) is 1. The van der Waals surface area contributed by atoms with Crippen LogP contribution in [0.2, 0.25) is 0 Å². The van der Waals surface area contributed by atoms with Gasteiger partial charge in [0.15, 0.2) is 0 Å². The monoisotopic (exact) mass is 654 g/mol. The Bertz CT molecular complexity index is 1490. The van der Waals surface area contributed by atoms with Crippen LogP contribution in [0.3, 0.4) is 0 Å². The van der Waals surface area contributed by atoms with Gasteiger partial charge in [0.25, 0.3) is 17.7 Å². The van der Waals surface area contributed by atoms with E-state index in [-0.39, 0.29) is 43.6 Å². The first kappa shape index (κ1) is 35.7. The standard InChI is InChI=1S/C36H45F2N3O6/c1-5-13-41(14-6-2)36(46)27-17-23(3)16-26(21-27)35(45)40-31(20-24-18-28(37)22-29(38)19-24)33(43)32(42)30(12-15-47-4)39-34(44)25-10-8-7-9-11-25/h7-11,16-19,21-22,30-33,42-43H,5-6,12-15,20H2,1-4H3,(H,39,44)(H,40,45)/t30-,31+,32-,33-/m1/s1/i4D. The molecule has 3 amide bonds. The molecule has 3 aromatic carbocycles. The van der Waals surface area contributed by atoms with Crippen LogP contribution < -0.4 is 10.6 Å². The number of carbonyl (C=O) groups is 3. The summed E-state index contributed by atoms with van der Waals surface area (Å²) in [4.78, 5) is 41.8. The van der Waals surface area contributed by atoms with Gasteiger partial charge in [-0.1, -0.05) is 32.0 Å². The van der Waals surface area contributed by atoms with Gasteiger partial charge >= 0.3 is 0 Å². The van der Waals surface area contributed by atoms with E-state index >= 15 is 0 Å². The molecule has 254 valence electrons. The Hall–Kier alpha value is -4.19. The molecule has 0 saturated heterocycles. The van der Waals surface area contributed by atoms with Crippen molar-refractivity contribution in [2.24, 2.45) is 0 Å². The van der Waals surface area contributed by atoms with Crippen molar-refractivity contribution < 1.29 is 39.5 Å². The first-order valence-electron chi connectivity index (χ1n) is 16.4. The Balaban J connectivity index is 1.94. The molecule has 4 N–H and O–H groups in total. The minimum Gasteiger partial charge on any atom is -0.388 e. The van der Waals surface area contributed by atoms with Gasteiger partial charge in [0.05, 0.1) is 13.5 Å². The smallest absolute Gasteiger partial charge is 0.253 e. The Kier molecular flexibility index (Phi) is 13.8. The number of hydrogen-bond acceptors (Lipinski definition) is 6. The molecule has 3 aromatic rings. The van der Waals surface area contributed by atoms with Crippen LogP contribution in [0.1, 0.15) is 76.7 Å². The Morgan fingerprint density at radius 1 is 0.830 bits per heavy atom. The molecule has 0 aliphatic rings. The maximum atomic E-state index is 14.2. The fraction of sp³-hybridized carbons (Fsp3) is 0.417. The lowest BCUT2D eigenvalue weighted by Gasteiger charge is -2.33. The third-order valence-corrected chi connectivity index (χ3v) is 7.66. The van der Waals surface area contributed by atoms with Crippen molar-refractivity contribution in [3.63, 3.8) is 0 Å². The first-order chi connectivity index (χ1) is 23.0. The summed E-state index contributed by atoms with van der Waals surface area (Å²) in [6.07, 6.45) is -2.22. The highest BCUT2D eigenvalue weighted by Crippen LogP contribution is 2.19. The average molecular weight is 655 g/mol. The summed E-state index contributed by atoms with van der Waals surface area (Å²) < 4.78 is 40.7. The van der Waals surface area contributed by atoms with E-state index in [0.717, 1.165) is 25.0 Å². The fourth-order valence-corrected chi connectivity index (χ4v) is 5.42. The van der Waals surface area contributed by atoms with Gasteiger partial charge in [-0.15, -0.1) is 0 Å². The average Bonchev–Trinajstić information content (AvgIpc) is 3.06. The molecule has 0 saturated carbocycles. The van der Waals surface area contributed by atoms with Crippen LogP contribution in [0.5, 0.6) is 0 Å². The lowest BCUT2D eigenvalue weighted by atomic mass is 9.92. The zero-order valence-electron chi connectivity index (χ0n) is 28.0. The van der Waals surface area contributed by atoms with Crippen LogP contribution in [0.4, 0.5) is 8.78 Å². The van der Waals surface area contributed by atoms with Gasteiger partial charge in [0, 0.05) is 49.5 Å². The third-order valence-electron chi connectivity index (χ3n) is 7.66. The number of ether oxygens (including phenoxy) is 1. The zero-order chi connectivity index (χ0) is 35.2. The van der Waals surface area contributed by atoms with Crippen molar-refractivity contribution in [3.8, 4) is 0 Å². The highest BCUT2D eigenvalue weighted by Gasteiger charge is 2.35. The molecule has 0 heterocycles. The van der Waals surface area contributed by atoms with Crippen LogP contribution >= 0.6 is 0 Å². The number of methoxy groups -OCH3 is 1. The van der Waals surface area contributed by atoms with E-state index in [0.29, 0.717) is 35.8 Å². The molecule has 47 heavy (non-hydrogen) atoms. The molecule has 0 radical (unpaired) electrons. The number of hydrogen-bond donors (Lipinski definition) is 4. The minimum absolute atomic E-state index is 0.000309. The summed E-state index contributed by atoms with van der Waals surface area (Å²) in [7, 11) is -0.364. The van der Waals surface area contributed by atoms with Crippen LogP contribution in [-0.4, -0.2) is 83.9 Å². The second kappa shape index (κ2) is 18.2. The predicted molar refractivity (Wildman–Crippen MR) is 175 cm³/mol. The number of amides is 3. The van der Waals surface area contributed by atoms with Crippen molar-refractivity contribution in [2.45, 2.75) is 70.7 Å². The van der Waals surface area contributed by atoms with Crippen LogP contribution in [0.15, 0.2) is 66.7 Å². The lowest BCUT2D eigenvalue weighted by molar-refractivity contribution is -0.0269. The van der Waals surface area contributed by atoms with Gasteiger partial charge in [-0.3, -0.25) is 14.4 Å². The summed E-state index contributed by atoms with van der Waals surface area (Å²) in [5.74, 6) is -3.19. The molecule has 0 aliphatic carbocycles. The van der Waals surface area contributed by atoms with Gasteiger partial charge in [-0.25, -0.2) is 8.78 Å². The quantitative estimate of drug-likeness (QED) is 0.160. The zero-order valence-corrected chi connectivity index (χ0v) is 27.0. The predicted octanol–water partition coefficient (Wildman–Crippen LogP) is 4.43. The van der Waals surface area contributed by atoms with Crippen LogP contribution in [-0.2, 0) is 11.2 Å². The molecule has 0 unspecified atom stereocenters. The Morgan fingerprint density at radius 3 is 2.02 bits per heavy atom. The number of halogens is 2. The van der Waals surface area contributed by atoms with Gasteiger partial charge in [-0.2, -0.15) is 0 Å². The van der Waals surface area contributed by atoms with Gasteiger partial charge in [0.1, 0.15) is 23.8 Å². The van der Waals surface area contributed by atoms with Crippen molar-refractivity contribution in [1.29, 1.82) is 0 Å². The molecule has 0 aromatic heterocycles. The molecule has 3 rings (SSSR count). The van der Waals surface area contributed by atoms with Gasteiger partial charge in [-0.05, 0) is 86.2 Å². The summed E-state index contributed by atoms with van der Waals surface area (Å²) in [5, 5.41) is 28.3. The second-order valence-electron chi connectivity index (χ2n) is 11.6. The fourth-order valence-electron chi connectivity index (χ4n) is 5.42. The normalized spacial score (nSPS) is 14.0. The summed E-state index contributed by atoms with van der Waals surface area (Å²) >= 11 is 0. The van der Waals surface area contributed by atoms with E-state index in [9.17, 15) is 33.4 Å². The molecule has 0 bridgehead atoms. The molecule has 0 aliphatic heterocycles. The van der Waals surface area contributed by atoms with Crippen LogP contribution in [0, 0.1) is 18.6 Å². The first-order valence-corrected chi connectivity index (χ1v) is 15.7. The maximum absolute atomic E-state index is 14.2. The van der Waals surface area contributed by atoms with Gasteiger partial charge < -0.3 is 30.5 Å². The number of aryl methyl sites for hydroxylation is 1.